The lowest BCUT2D eigenvalue weighted by Gasteiger charge is -2.34. The van der Waals surface area contributed by atoms with Crippen LogP contribution in [0.4, 0.5) is 0 Å². The van der Waals surface area contributed by atoms with Gasteiger partial charge in [-0.25, -0.2) is 13.1 Å². The van der Waals surface area contributed by atoms with Crippen molar-refractivity contribution in [3.05, 3.63) is 12.3 Å². The zero-order valence-electron chi connectivity index (χ0n) is 13.1. The van der Waals surface area contributed by atoms with Gasteiger partial charge in [0.25, 0.3) is 10.0 Å². The highest BCUT2D eigenvalue weighted by Crippen LogP contribution is 2.16. The van der Waals surface area contributed by atoms with Crippen LogP contribution in [0.5, 0.6) is 0 Å². The highest BCUT2D eigenvalue weighted by molar-refractivity contribution is 7.89. The van der Waals surface area contributed by atoms with E-state index in [1.165, 1.54) is 16.9 Å². The third-order valence-electron chi connectivity index (χ3n) is 4.04. The summed E-state index contributed by atoms with van der Waals surface area (Å²) in [6.45, 7) is 4.58. The molecule has 0 aliphatic carbocycles. The number of nitrogens with one attached hydrogen (secondary N) is 1. The maximum Gasteiger partial charge on any atom is 0.257 e. The number of rotatable bonds is 8. The number of aryl methyl sites for hydroxylation is 1. The van der Waals surface area contributed by atoms with Crippen LogP contribution >= 0.6 is 0 Å². The molecule has 22 heavy (non-hydrogen) atoms. The average Bonchev–Trinajstić information content (AvgIpc) is 2.97. The predicted molar refractivity (Wildman–Crippen MR) is 84.0 cm³/mol. The van der Waals surface area contributed by atoms with E-state index in [1.807, 2.05) is 6.92 Å². The summed E-state index contributed by atoms with van der Waals surface area (Å²) in [7, 11) is -3.53. The van der Waals surface area contributed by atoms with Gasteiger partial charge in [-0.1, -0.05) is 13.3 Å². The second-order valence-electron chi connectivity index (χ2n) is 5.66. The van der Waals surface area contributed by atoms with Crippen molar-refractivity contribution in [2.24, 2.45) is 0 Å². The SMILES string of the molecule is CCCn1nccc1S(=O)(=O)NCCN1CCCC[C@H]1CO. The molecule has 1 aromatic heterocycles. The molecule has 1 aliphatic rings. The number of hydrogen-bond acceptors (Lipinski definition) is 5. The Labute approximate surface area is 132 Å². The number of nitrogens with zero attached hydrogens (tertiary/aromatic N) is 3. The Kier molecular flexibility index (Phi) is 6.37. The molecule has 7 nitrogen and oxygen atoms in total. The number of likely N-dealkylation sites (tertiary alicyclic amines) is 1. The fourth-order valence-corrected chi connectivity index (χ4v) is 4.05. The van der Waals surface area contributed by atoms with Crippen LogP contribution in [0.2, 0.25) is 0 Å². The van der Waals surface area contributed by atoms with Crippen LogP contribution in [0, 0.1) is 0 Å². The van der Waals surface area contributed by atoms with E-state index in [0.29, 0.717) is 19.6 Å². The Hall–Kier alpha value is -0.960. The average molecular weight is 330 g/mol. The van der Waals surface area contributed by atoms with Crippen molar-refractivity contribution < 1.29 is 13.5 Å². The monoisotopic (exact) mass is 330 g/mol. The number of piperidine rings is 1. The number of hydrogen-bond donors (Lipinski definition) is 2. The van der Waals surface area contributed by atoms with E-state index in [9.17, 15) is 13.5 Å². The molecule has 0 saturated carbocycles. The molecule has 1 fully saturated rings. The first kappa shape index (κ1) is 17.4. The summed E-state index contributed by atoms with van der Waals surface area (Å²) in [6, 6.07) is 1.68. The molecule has 1 atom stereocenters. The molecule has 0 radical (unpaired) electrons. The van der Waals surface area contributed by atoms with Gasteiger partial charge < -0.3 is 5.11 Å². The van der Waals surface area contributed by atoms with Crippen molar-refractivity contribution in [1.29, 1.82) is 0 Å². The van der Waals surface area contributed by atoms with Crippen LogP contribution < -0.4 is 4.72 Å². The number of aliphatic hydroxyl groups excluding tert-OH is 1. The topological polar surface area (TPSA) is 87.5 Å². The molecule has 2 heterocycles. The van der Waals surface area contributed by atoms with Gasteiger partial charge in [-0.3, -0.25) is 9.58 Å². The lowest BCUT2D eigenvalue weighted by atomic mass is 10.0. The summed E-state index contributed by atoms with van der Waals surface area (Å²) in [5, 5.41) is 13.6. The second-order valence-corrected chi connectivity index (χ2v) is 7.37. The Morgan fingerprint density at radius 1 is 1.41 bits per heavy atom. The lowest BCUT2D eigenvalue weighted by molar-refractivity contribution is 0.0923. The van der Waals surface area contributed by atoms with Crippen LogP contribution in [0.1, 0.15) is 32.6 Å². The van der Waals surface area contributed by atoms with Gasteiger partial charge in [-0.05, 0) is 31.9 Å². The van der Waals surface area contributed by atoms with Crippen molar-refractivity contribution >= 4 is 10.0 Å². The second kappa shape index (κ2) is 8.05. The normalized spacial score (nSPS) is 20.4. The van der Waals surface area contributed by atoms with Gasteiger partial charge in [-0.2, -0.15) is 5.10 Å². The predicted octanol–water partition coefficient (Wildman–Crippen LogP) is 0.418. The summed E-state index contributed by atoms with van der Waals surface area (Å²) in [4.78, 5) is 2.16. The Balaban J connectivity index is 1.91. The maximum atomic E-state index is 12.3. The molecular weight excluding hydrogens is 304 g/mol. The van der Waals surface area contributed by atoms with E-state index in [0.717, 1.165) is 32.2 Å². The quantitative estimate of drug-likeness (QED) is 0.721. The van der Waals surface area contributed by atoms with Crippen LogP contribution in [-0.2, 0) is 16.6 Å². The van der Waals surface area contributed by atoms with E-state index in [1.54, 1.807) is 0 Å². The van der Waals surface area contributed by atoms with Crippen LogP contribution in [-0.4, -0.2) is 60.5 Å². The number of aromatic nitrogens is 2. The first-order valence-electron chi connectivity index (χ1n) is 7.95. The van der Waals surface area contributed by atoms with Gasteiger partial charge in [0.05, 0.1) is 12.8 Å². The first-order valence-corrected chi connectivity index (χ1v) is 9.43. The summed E-state index contributed by atoms with van der Waals surface area (Å²) in [6.07, 6.45) is 5.55. The fraction of sp³-hybridized carbons (Fsp3) is 0.786. The Morgan fingerprint density at radius 3 is 2.95 bits per heavy atom. The van der Waals surface area contributed by atoms with Gasteiger partial charge >= 0.3 is 0 Å². The maximum absolute atomic E-state index is 12.3. The van der Waals surface area contributed by atoms with Gasteiger partial charge in [0.1, 0.15) is 0 Å². The van der Waals surface area contributed by atoms with Crippen molar-refractivity contribution in [3.8, 4) is 0 Å². The third kappa shape index (κ3) is 4.28. The molecule has 0 aromatic carbocycles. The number of sulfonamides is 1. The molecule has 2 N–H and O–H groups in total. The number of aliphatic hydroxyl groups is 1. The summed E-state index contributed by atoms with van der Waals surface area (Å²) >= 11 is 0. The highest BCUT2D eigenvalue weighted by atomic mass is 32.2. The largest absolute Gasteiger partial charge is 0.395 e. The van der Waals surface area contributed by atoms with Crippen LogP contribution in [0.25, 0.3) is 0 Å². The summed E-state index contributed by atoms with van der Waals surface area (Å²) in [5.41, 5.74) is 0. The molecule has 0 bridgehead atoms. The molecule has 0 unspecified atom stereocenters. The minimum Gasteiger partial charge on any atom is -0.395 e. The van der Waals surface area contributed by atoms with E-state index in [4.69, 9.17) is 0 Å². The van der Waals surface area contributed by atoms with Crippen LogP contribution in [0.15, 0.2) is 17.3 Å². The molecule has 2 rings (SSSR count). The van der Waals surface area contributed by atoms with Crippen molar-refractivity contribution in [2.75, 3.05) is 26.2 Å². The first-order chi connectivity index (χ1) is 10.6. The molecule has 1 saturated heterocycles. The van der Waals surface area contributed by atoms with Crippen LogP contribution in [0.3, 0.4) is 0 Å². The van der Waals surface area contributed by atoms with Gasteiger partial charge in [0, 0.05) is 25.7 Å². The molecule has 8 heteroatoms. The smallest absolute Gasteiger partial charge is 0.257 e. The Morgan fingerprint density at radius 2 is 2.23 bits per heavy atom. The highest BCUT2D eigenvalue weighted by Gasteiger charge is 2.23. The minimum absolute atomic E-state index is 0.135. The lowest BCUT2D eigenvalue weighted by Crippen LogP contribution is -2.45. The standard InChI is InChI=1S/C14H26N4O3S/c1-2-9-18-14(6-7-15-18)22(20,21)16-8-11-17-10-4-3-5-13(17)12-19/h6-7,13,16,19H,2-5,8-12H2,1H3/t13-/m0/s1. The molecular formula is C14H26N4O3S. The Bertz CT molecular complexity index is 558. The zero-order chi connectivity index (χ0) is 16.0. The summed E-state index contributed by atoms with van der Waals surface area (Å²) in [5.74, 6) is 0. The molecule has 0 amide bonds. The minimum atomic E-state index is -3.53. The molecule has 126 valence electrons. The van der Waals surface area contributed by atoms with Gasteiger partial charge in [-0.15, -0.1) is 0 Å². The zero-order valence-corrected chi connectivity index (χ0v) is 13.9. The fourth-order valence-electron chi connectivity index (χ4n) is 2.89. The molecule has 1 aliphatic heterocycles. The van der Waals surface area contributed by atoms with Gasteiger partial charge in [0.15, 0.2) is 5.03 Å². The van der Waals surface area contributed by atoms with Crippen molar-refractivity contribution in [2.45, 2.75) is 50.2 Å². The van der Waals surface area contributed by atoms with Crippen molar-refractivity contribution in [1.82, 2.24) is 19.4 Å². The van der Waals surface area contributed by atoms with E-state index in [-0.39, 0.29) is 17.7 Å². The van der Waals surface area contributed by atoms with E-state index in [2.05, 4.69) is 14.7 Å². The molecule has 1 aromatic rings. The van der Waals surface area contributed by atoms with Crippen molar-refractivity contribution in [3.63, 3.8) is 0 Å². The third-order valence-corrected chi connectivity index (χ3v) is 5.52. The van der Waals surface area contributed by atoms with Gasteiger partial charge in [0.2, 0.25) is 0 Å². The van der Waals surface area contributed by atoms with E-state index >= 15 is 0 Å². The van der Waals surface area contributed by atoms with E-state index < -0.39 is 10.0 Å². The summed E-state index contributed by atoms with van der Waals surface area (Å²) < 4.78 is 28.8. The molecule has 0 spiro atoms.